The fourth-order valence-corrected chi connectivity index (χ4v) is 6.17. The molecule has 0 spiro atoms. The third-order valence-electron chi connectivity index (χ3n) is 8.88. The largest absolute Gasteiger partial charge is 0.481 e. The molecule has 2 aliphatic rings. The number of carbonyl (C=O) groups is 2. The number of aliphatic carboxylic acids is 1. The Hall–Kier alpha value is -2.96. The Morgan fingerprint density at radius 3 is 2.07 bits per heavy atom. The third-order valence-corrected chi connectivity index (χ3v) is 8.88. The van der Waals surface area contributed by atoms with Gasteiger partial charge in [-0.3, -0.25) is 14.2 Å². The van der Waals surface area contributed by atoms with E-state index in [4.69, 9.17) is 4.74 Å². The van der Waals surface area contributed by atoms with Crippen LogP contribution in [0, 0.1) is 11.3 Å². The van der Waals surface area contributed by atoms with Crippen LogP contribution in [0.3, 0.4) is 0 Å². The standard InChI is InChI=1S/C33H49F2N3O7/c1-2-3-4-5-6-7-8-9-10-11-12-13-14-16-20-32(21-17-15-18-24(32)28(41)42)29(43)36-26-19-22-38(31(44)37-26)30-33(34,35)27(40)25(23-39)45-30/h15,17-19,21-22,24-25,27,30,39-40H,2-14,16,20,23H2,1H3,(H,41,42)(H,36,37,43,44)/t24?,25-,27-,30-,32?/m1/s1. The molecule has 5 atom stereocenters. The Kier molecular flexibility index (Phi) is 14.3. The second-order valence-electron chi connectivity index (χ2n) is 12.2. The second kappa shape index (κ2) is 17.7. The number of ether oxygens (including phenoxy) is 1. The molecule has 1 fully saturated rings. The second-order valence-corrected chi connectivity index (χ2v) is 12.2. The summed E-state index contributed by atoms with van der Waals surface area (Å²) in [6, 6.07) is 1.12. The van der Waals surface area contributed by atoms with E-state index in [9.17, 15) is 38.5 Å². The molecule has 1 aromatic heterocycles. The lowest BCUT2D eigenvalue weighted by Crippen LogP contribution is -2.45. The smallest absolute Gasteiger partial charge is 0.351 e. The van der Waals surface area contributed by atoms with Gasteiger partial charge in [0.25, 0.3) is 0 Å². The van der Waals surface area contributed by atoms with Gasteiger partial charge in [-0.15, -0.1) is 0 Å². The lowest BCUT2D eigenvalue weighted by molar-refractivity contribution is -0.147. The van der Waals surface area contributed by atoms with Crippen LogP contribution in [0.1, 0.15) is 109 Å². The number of aromatic nitrogens is 2. The van der Waals surface area contributed by atoms with Crippen LogP contribution in [-0.2, 0) is 14.3 Å². The zero-order valence-corrected chi connectivity index (χ0v) is 26.2. The van der Waals surface area contributed by atoms with Gasteiger partial charge in [0, 0.05) is 6.20 Å². The van der Waals surface area contributed by atoms with E-state index in [1.165, 1.54) is 63.9 Å². The van der Waals surface area contributed by atoms with Crippen LogP contribution in [0.15, 0.2) is 41.4 Å². The molecular formula is C33H49F2N3O7. The number of nitrogens with one attached hydrogen (secondary N) is 1. The molecule has 1 aliphatic carbocycles. The predicted molar refractivity (Wildman–Crippen MR) is 166 cm³/mol. The molecule has 2 unspecified atom stereocenters. The number of carboxylic acids is 1. The van der Waals surface area contributed by atoms with Gasteiger partial charge in [0.1, 0.15) is 11.9 Å². The van der Waals surface area contributed by atoms with Crippen LogP contribution in [-0.4, -0.2) is 61.5 Å². The highest BCUT2D eigenvalue weighted by atomic mass is 19.3. The fourth-order valence-electron chi connectivity index (χ4n) is 6.17. The van der Waals surface area contributed by atoms with E-state index < -0.39 is 59.9 Å². The molecule has 1 saturated heterocycles. The van der Waals surface area contributed by atoms with Crippen molar-refractivity contribution in [3.8, 4) is 0 Å². The van der Waals surface area contributed by atoms with E-state index in [0.29, 0.717) is 11.0 Å². The molecular weight excluding hydrogens is 588 g/mol. The minimum atomic E-state index is -3.88. The normalized spacial score (nSPS) is 25.4. The topological polar surface area (TPSA) is 151 Å². The van der Waals surface area contributed by atoms with Crippen LogP contribution in [0.2, 0.25) is 0 Å². The Morgan fingerprint density at radius 2 is 1.56 bits per heavy atom. The Balaban J connectivity index is 1.55. The van der Waals surface area contributed by atoms with Crippen molar-refractivity contribution in [3.05, 3.63) is 47.1 Å². The molecule has 0 saturated carbocycles. The van der Waals surface area contributed by atoms with Crippen molar-refractivity contribution in [1.82, 2.24) is 9.55 Å². The molecule has 1 amide bonds. The number of unbranched alkanes of at least 4 members (excludes halogenated alkanes) is 13. The van der Waals surface area contributed by atoms with Crippen molar-refractivity contribution in [3.63, 3.8) is 0 Å². The number of amides is 1. The van der Waals surface area contributed by atoms with Crippen LogP contribution >= 0.6 is 0 Å². The van der Waals surface area contributed by atoms with Crippen LogP contribution in [0.25, 0.3) is 0 Å². The van der Waals surface area contributed by atoms with E-state index in [1.807, 2.05) is 0 Å². The van der Waals surface area contributed by atoms with Gasteiger partial charge in [0.05, 0.1) is 17.9 Å². The molecule has 0 bridgehead atoms. The highest BCUT2D eigenvalue weighted by Crippen LogP contribution is 2.42. The number of carboxylic acid groups (broad SMARTS) is 1. The lowest BCUT2D eigenvalue weighted by Gasteiger charge is -2.35. The van der Waals surface area contributed by atoms with Crippen LogP contribution in [0.4, 0.5) is 14.6 Å². The zero-order chi connectivity index (χ0) is 32.9. The first-order valence-corrected chi connectivity index (χ1v) is 16.4. The number of hydrogen-bond acceptors (Lipinski definition) is 7. The number of hydrogen-bond donors (Lipinski definition) is 4. The quantitative estimate of drug-likeness (QED) is 0.132. The van der Waals surface area contributed by atoms with Crippen molar-refractivity contribution in [1.29, 1.82) is 0 Å². The van der Waals surface area contributed by atoms with Crippen LogP contribution in [0.5, 0.6) is 0 Å². The Morgan fingerprint density at radius 1 is 0.978 bits per heavy atom. The number of anilines is 1. The molecule has 1 aromatic rings. The summed E-state index contributed by atoms with van der Waals surface area (Å²) in [5.41, 5.74) is -2.62. The molecule has 252 valence electrons. The minimum Gasteiger partial charge on any atom is -0.481 e. The molecule has 45 heavy (non-hydrogen) atoms. The number of aliphatic hydroxyl groups is 2. The third kappa shape index (κ3) is 9.52. The molecule has 2 heterocycles. The molecule has 10 nitrogen and oxygen atoms in total. The summed E-state index contributed by atoms with van der Waals surface area (Å²) in [5, 5.41) is 31.5. The first-order valence-electron chi connectivity index (χ1n) is 16.4. The van der Waals surface area contributed by atoms with Gasteiger partial charge in [-0.25, -0.2) is 4.79 Å². The van der Waals surface area contributed by atoms with Crippen molar-refractivity contribution < 1.29 is 38.4 Å². The fraction of sp³-hybridized carbons (Fsp3) is 0.697. The summed E-state index contributed by atoms with van der Waals surface area (Å²) in [4.78, 5) is 42.2. The van der Waals surface area contributed by atoms with Gasteiger partial charge in [-0.2, -0.15) is 13.8 Å². The van der Waals surface area contributed by atoms with Gasteiger partial charge >= 0.3 is 17.6 Å². The van der Waals surface area contributed by atoms with Gasteiger partial charge < -0.3 is 25.4 Å². The summed E-state index contributed by atoms with van der Waals surface area (Å²) < 4.78 is 34.5. The van der Waals surface area contributed by atoms with Gasteiger partial charge in [0.2, 0.25) is 12.1 Å². The van der Waals surface area contributed by atoms with Gasteiger partial charge in [0.15, 0.2) is 6.10 Å². The highest BCUT2D eigenvalue weighted by Gasteiger charge is 2.59. The predicted octanol–water partition coefficient (Wildman–Crippen LogP) is 5.75. The summed E-state index contributed by atoms with van der Waals surface area (Å²) in [6.45, 7) is 1.35. The van der Waals surface area contributed by atoms with Gasteiger partial charge in [-0.05, 0) is 12.5 Å². The lowest BCUT2D eigenvalue weighted by atomic mass is 9.68. The van der Waals surface area contributed by atoms with E-state index in [1.54, 1.807) is 18.2 Å². The van der Waals surface area contributed by atoms with Crippen molar-refractivity contribution >= 4 is 17.7 Å². The summed E-state index contributed by atoms with van der Waals surface area (Å²) in [7, 11) is 0. The molecule has 1 aliphatic heterocycles. The monoisotopic (exact) mass is 637 g/mol. The highest BCUT2D eigenvalue weighted by molar-refractivity contribution is 5.99. The van der Waals surface area contributed by atoms with Gasteiger partial charge in [-0.1, -0.05) is 121 Å². The number of aliphatic hydroxyl groups excluding tert-OH is 2. The maximum atomic E-state index is 14.5. The van der Waals surface area contributed by atoms with Crippen molar-refractivity contribution in [2.75, 3.05) is 11.9 Å². The number of carbonyl (C=O) groups excluding carboxylic acids is 1. The minimum absolute atomic E-state index is 0.241. The maximum absolute atomic E-state index is 14.5. The molecule has 3 rings (SSSR count). The molecule has 12 heteroatoms. The Labute approximate surface area is 263 Å². The Bertz CT molecular complexity index is 1220. The SMILES string of the molecule is CCCCCCCCCCCCCCCCC1(C(=O)Nc2ccn([C@@H]3O[C@H](CO)[C@@H](O)C3(F)F)c(=O)n2)C=CC=CC1C(=O)O. The average Bonchev–Trinajstić information content (AvgIpc) is 3.24. The first kappa shape index (κ1) is 36.5. The van der Waals surface area contributed by atoms with E-state index in [0.717, 1.165) is 37.9 Å². The average molecular weight is 638 g/mol. The van der Waals surface area contributed by atoms with E-state index >= 15 is 0 Å². The molecule has 0 aromatic carbocycles. The number of nitrogens with zero attached hydrogens (tertiary/aromatic N) is 2. The summed E-state index contributed by atoms with van der Waals surface area (Å²) in [6.07, 6.45) is 17.6. The number of rotatable bonds is 20. The number of allylic oxidation sites excluding steroid dienone is 2. The maximum Gasteiger partial charge on any atom is 0.351 e. The first-order chi connectivity index (χ1) is 21.6. The number of alkyl halides is 2. The summed E-state index contributed by atoms with van der Waals surface area (Å²) in [5.74, 6) is -7.11. The summed E-state index contributed by atoms with van der Waals surface area (Å²) >= 11 is 0. The van der Waals surface area contributed by atoms with Crippen molar-refractivity contribution in [2.24, 2.45) is 11.3 Å². The van der Waals surface area contributed by atoms with Crippen molar-refractivity contribution in [2.45, 2.75) is 128 Å². The van der Waals surface area contributed by atoms with Crippen LogP contribution < -0.4 is 11.0 Å². The van der Waals surface area contributed by atoms with E-state index in [2.05, 4.69) is 17.2 Å². The molecule has 0 radical (unpaired) electrons. The molecule has 4 N–H and O–H groups in total. The number of halogens is 2. The van der Waals surface area contributed by atoms with E-state index in [-0.39, 0.29) is 12.2 Å². The zero-order valence-electron chi connectivity index (χ0n) is 26.2.